The van der Waals surface area contributed by atoms with E-state index < -0.39 is 6.17 Å². The van der Waals surface area contributed by atoms with Gasteiger partial charge in [-0.2, -0.15) is 0 Å². The Balaban J connectivity index is 2.13. The fourth-order valence-electron chi connectivity index (χ4n) is 1.46. The largest absolute Gasteiger partial charge is 0.303 e. The fourth-order valence-corrected chi connectivity index (χ4v) is 1.46. The molecule has 0 saturated heterocycles. The molecule has 0 unspecified atom stereocenters. The zero-order valence-electron chi connectivity index (χ0n) is 6.65. The minimum Gasteiger partial charge on any atom is -0.303 e. The summed E-state index contributed by atoms with van der Waals surface area (Å²) in [6, 6.07) is 0.457. The quantitative estimate of drug-likeness (QED) is 0.596. The van der Waals surface area contributed by atoms with Gasteiger partial charge in [-0.05, 0) is 25.7 Å². The zero-order chi connectivity index (χ0) is 8.10. The second-order valence-electron chi connectivity index (χ2n) is 3.03. The Kier molecular flexibility index (Phi) is 3.38. The molecule has 11 heavy (non-hydrogen) atoms. The first-order chi connectivity index (χ1) is 5.33. The lowest BCUT2D eigenvalue weighted by Crippen LogP contribution is -2.33. The molecule has 0 bridgehead atoms. The van der Waals surface area contributed by atoms with Crippen LogP contribution in [0.15, 0.2) is 0 Å². The van der Waals surface area contributed by atoms with Crippen LogP contribution in [0.4, 0.5) is 4.39 Å². The van der Waals surface area contributed by atoms with Crippen molar-refractivity contribution >= 4 is 0 Å². The smallest absolute Gasteiger partial charge is 0.100 e. The van der Waals surface area contributed by atoms with Crippen LogP contribution in [0.5, 0.6) is 0 Å². The molecule has 0 radical (unpaired) electrons. The lowest BCUT2D eigenvalue weighted by atomic mass is 9.94. The van der Waals surface area contributed by atoms with Crippen LogP contribution >= 0.6 is 0 Å². The van der Waals surface area contributed by atoms with E-state index in [-0.39, 0.29) is 0 Å². The molecule has 0 spiro atoms. The summed E-state index contributed by atoms with van der Waals surface area (Å²) in [7, 11) is 0. The van der Waals surface area contributed by atoms with Gasteiger partial charge in [0.05, 0.1) is 6.54 Å². The molecule has 1 nitrogen and oxygen atoms in total. The molecule has 1 aliphatic carbocycles. The van der Waals surface area contributed by atoms with Crippen LogP contribution in [0, 0.1) is 12.3 Å². The molecule has 0 atom stereocenters. The van der Waals surface area contributed by atoms with Gasteiger partial charge in [0, 0.05) is 6.04 Å². The van der Waals surface area contributed by atoms with Crippen molar-refractivity contribution in [2.75, 3.05) is 6.54 Å². The molecule has 0 heterocycles. The van der Waals surface area contributed by atoms with Crippen molar-refractivity contribution in [1.82, 2.24) is 5.32 Å². The Morgan fingerprint density at radius 2 is 2.00 bits per heavy atom. The third-order valence-electron chi connectivity index (χ3n) is 2.15. The van der Waals surface area contributed by atoms with Crippen molar-refractivity contribution in [2.45, 2.75) is 37.9 Å². The highest BCUT2D eigenvalue weighted by Crippen LogP contribution is 2.20. The van der Waals surface area contributed by atoms with E-state index in [4.69, 9.17) is 6.42 Å². The molecule has 0 aromatic rings. The molecule has 1 rings (SSSR count). The number of alkyl halides is 1. The van der Waals surface area contributed by atoms with Gasteiger partial charge >= 0.3 is 0 Å². The van der Waals surface area contributed by atoms with E-state index in [0.717, 1.165) is 12.8 Å². The number of terminal acetylenes is 1. The second kappa shape index (κ2) is 4.35. The predicted octanol–water partition coefficient (Wildman–Crippen LogP) is 1.49. The van der Waals surface area contributed by atoms with Gasteiger partial charge in [0.15, 0.2) is 0 Å². The Hall–Kier alpha value is -0.550. The number of rotatable bonds is 2. The van der Waals surface area contributed by atoms with Crippen LogP contribution in [0.25, 0.3) is 0 Å². The second-order valence-corrected chi connectivity index (χ2v) is 3.03. The molecule has 0 aliphatic heterocycles. The van der Waals surface area contributed by atoms with Gasteiger partial charge in [0.25, 0.3) is 0 Å². The van der Waals surface area contributed by atoms with Crippen molar-refractivity contribution in [2.24, 2.45) is 0 Å². The normalized spacial score (nSPS) is 31.3. The maximum atomic E-state index is 12.6. The van der Waals surface area contributed by atoms with Crippen LogP contribution < -0.4 is 5.32 Å². The van der Waals surface area contributed by atoms with Crippen molar-refractivity contribution in [1.29, 1.82) is 0 Å². The minimum atomic E-state index is -0.570. The predicted molar refractivity (Wildman–Crippen MR) is 44.0 cm³/mol. The van der Waals surface area contributed by atoms with Gasteiger partial charge in [0.1, 0.15) is 6.17 Å². The maximum absolute atomic E-state index is 12.6. The van der Waals surface area contributed by atoms with Gasteiger partial charge in [-0.1, -0.05) is 5.92 Å². The summed E-state index contributed by atoms with van der Waals surface area (Å²) in [5, 5.41) is 3.19. The fraction of sp³-hybridized carbons (Fsp3) is 0.778. The van der Waals surface area contributed by atoms with Crippen LogP contribution in [-0.2, 0) is 0 Å². The van der Waals surface area contributed by atoms with Gasteiger partial charge in [-0.15, -0.1) is 6.42 Å². The maximum Gasteiger partial charge on any atom is 0.100 e. The lowest BCUT2D eigenvalue weighted by Gasteiger charge is -2.24. The third kappa shape index (κ3) is 2.90. The Bertz CT molecular complexity index is 142. The van der Waals surface area contributed by atoms with E-state index in [2.05, 4.69) is 11.2 Å². The van der Waals surface area contributed by atoms with E-state index in [0.29, 0.717) is 25.4 Å². The van der Waals surface area contributed by atoms with Crippen molar-refractivity contribution in [3.05, 3.63) is 0 Å². The molecule has 1 fully saturated rings. The first kappa shape index (κ1) is 8.55. The third-order valence-corrected chi connectivity index (χ3v) is 2.15. The van der Waals surface area contributed by atoms with Gasteiger partial charge in [0.2, 0.25) is 0 Å². The molecule has 1 aliphatic rings. The summed E-state index contributed by atoms with van der Waals surface area (Å²) >= 11 is 0. The standard InChI is InChI=1S/C9H14FN/c1-2-7-11-9-5-3-8(10)4-6-9/h1,8-9,11H,3-7H2. The lowest BCUT2D eigenvalue weighted by molar-refractivity contribution is 0.222. The Morgan fingerprint density at radius 1 is 1.36 bits per heavy atom. The van der Waals surface area contributed by atoms with E-state index >= 15 is 0 Å². The average Bonchev–Trinajstić information content (AvgIpc) is 2.04. The Morgan fingerprint density at radius 3 is 2.55 bits per heavy atom. The monoisotopic (exact) mass is 155 g/mol. The Labute approximate surface area is 67.4 Å². The molecule has 2 heteroatoms. The number of nitrogens with one attached hydrogen (secondary N) is 1. The number of hydrogen-bond donors (Lipinski definition) is 1. The minimum absolute atomic E-state index is 0.457. The molecule has 0 aromatic heterocycles. The summed E-state index contributed by atoms with van der Waals surface area (Å²) in [6.45, 7) is 0.613. The van der Waals surface area contributed by atoms with Gasteiger partial charge in [-0.25, -0.2) is 4.39 Å². The highest BCUT2D eigenvalue weighted by atomic mass is 19.1. The highest BCUT2D eigenvalue weighted by Gasteiger charge is 2.19. The molecule has 1 N–H and O–H groups in total. The van der Waals surface area contributed by atoms with Crippen LogP contribution in [0.2, 0.25) is 0 Å². The number of halogens is 1. The zero-order valence-corrected chi connectivity index (χ0v) is 6.65. The van der Waals surface area contributed by atoms with Gasteiger partial charge < -0.3 is 5.32 Å². The van der Waals surface area contributed by atoms with E-state index in [1.54, 1.807) is 0 Å². The molecule has 0 amide bonds. The van der Waals surface area contributed by atoms with Crippen LogP contribution in [0.3, 0.4) is 0 Å². The molecule has 0 aromatic carbocycles. The summed E-state index contributed by atoms with van der Waals surface area (Å²) in [6.07, 6.45) is 7.78. The highest BCUT2D eigenvalue weighted by molar-refractivity contribution is 4.89. The summed E-state index contributed by atoms with van der Waals surface area (Å²) in [5.74, 6) is 2.52. The van der Waals surface area contributed by atoms with Crippen molar-refractivity contribution in [3.63, 3.8) is 0 Å². The molecular weight excluding hydrogens is 141 g/mol. The van der Waals surface area contributed by atoms with E-state index in [1.165, 1.54) is 0 Å². The van der Waals surface area contributed by atoms with Crippen molar-refractivity contribution in [3.8, 4) is 12.3 Å². The summed E-state index contributed by atoms with van der Waals surface area (Å²) in [4.78, 5) is 0. The van der Waals surface area contributed by atoms with Crippen LogP contribution in [0.1, 0.15) is 25.7 Å². The summed E-state index contributed by atoms with van der Waals surface area (Å²) < 4.78 is 12.6. The SMILES string of the molecule is C#CCNC1CCC(F)CC1. The molecule has 1 saturated carbocycles. The first-order valence-corrected chi connectivity index (χ1v) is 4.14. The number of hydrogen-bond acceptors (Lipinski definition) is 1. The topological polar surface area (TPSA) is 12.0 Å². The molecular formula is C9H14FN. The summed E-state index contributed by atoms with van der Waals surface area (Å²) in [5.41, 5.74) is 0. The van der Waals surface area contributed by atoms with E-state index in [1.807, 2.05) is 0 Å². The van der Waals surface area contributed by atoms with Gasteiger partial charge in [-0.3, -0.25) is 0 Å². The van der Waals surface area contributed by atoms with E-state index in [9.17, 15) is 4.39 Å². The molecule has 62 valence electrons. The van der Waals surface area contributed by atoms with Crippen molar-refractivity contribution < 1.29 is 4.39 Å². The average molecular weight is 155 g/mol. The van der Waals surface area contributed by atoms with Crippen LogP contribution in [-0.4, -0.2) is 18.8 Å². The first-order valence-electron chi connectivity index (χ1n) is 4.14.